The van der Waals surface area contributed by atoms with Crippen LogP contribution in [0.2, 0.25) is 5.02 Å². The molecular weight excluding hydrogens is 360 g/mol. The van der Waals surface area contributed by atoms with E-state index in [0.29, 0.717) is 22.5 Å². The van der Waals surface area contributed by atoms with Crippen molar-refractivity contribution in [2.45, 2.75) is 17.9 Å². The van der Waals surface area contributed by atoms with Gasteiger partial charge in [0.05, 0.1) is 15.4 Å². The molecule has 1 aromatic heterocycles. The summed E-state index contributed by atoms with van der Waals surface area (Å²) in [6.07, 6.45) is 1.46. The molecule has 0 fully saturated rings. The quantitative estimate of drug-likeness (QED) is 0.742. The zero-order valence-electron chi connectivity index (χ0n) is 13.6. The van der Waals surface area contributed by atoms with E-state index in [-0.39, 0.29) is 10.9 Å². The normalized spacial score (nSPS) is 17.8. The Morgan fingerprint density at radius 2 is 1.96 bits per heavy atom. The number of hydrogen-bond donors (Lipinski definition) is 1. The highest BCUT2D eigenvalue weighted by Crippen LogP contribution is 2.40. The van der Waals surface area contributed by atoms with Crippen LogP contribution in [-0.4, -0.2) is 25.5 Å². The first kappa shape index (κ1) is 16.4. The van der Waals surface area contributed by atoms with Crippen LogP contribution < -0.4 is 10.1 Å². The third kappa shape index (κ3) is 2.61. The third-order valence-corrected chi connectivity index (χ3v) is 6.41. The van der Waals surface area contributed by atoms with E-state index in [1.807, 2.05) is 13.0 Å². The zero-order valence-corrected chi connectivity index (χ0v) is 15.1. The fourth-order valence-electron chi connectivity index (χ4n) is 3.26. The topological polar surface area (TPSA) is 60.3 Å². The monoisotopic (exact) mass is 376 g/mol. The van der Waals surface area contributed by atoms with E-state index in [0.717, 1.165) is 17.9 Å². The Morgan fingerprint density at radius 3 is 2.72 bits per heavy atom. The second-order valence-electron chi connectivity index (χ2n) is 5.99. The van der Waals surface area contributed by atoms with Crippen LogP contribution in [0.25, 0.3) is 10.9 Å². The molecule has 25 heavy (non-hydrogen) atoms. The molecule has 3 aromatic rings. The maximum Gasteiger partial charge on any atom is 0.268 e. The molecule has 5 nitrogen and oxygen atoms in total. The second kappa shape index (κ2) is 6.05. The van der Waals surface area contributed by atoms with Crippen molar-refractivity contribution in [2.75, 3.05) is 13.2 Å². The molecule has 0 amide bonds. The maximum atomic E-state index is 13.0. The van der Waals surface area contributed by atoms with Gasteiger partial charge in [0.25, 0.3) is 10.0 Å². The number of hydrogen-bond acceptors (Lipinski definition) is 4. The number of nitrogens with zero attached hydrogens (tertiary/aromatic N) is 1. The number of aromatic nitrogens is 1. The maximum absolute atomic E-state index is 13.0. The first-order valence-corrected chi connectivity index (χ1v) is 9.82. The van der Waals surface area contributed by atoms with Crippen molar-refractivity contribution in [2.24, 2.45) is 0 Å². The molecule has 1 aliphatic rings. The molecule has 1 atom stereocenters. The lowest BCUT2D eigenvalue weighted by Gasteiger charge is -2.15. The van der Waals surface area contributed by atoms with E-state index < -0.39 is 10.0 Å². The van der Waals surface area contributed by atoms with Gasteiger partial charge in [-0.25, -0.2) is 12.4 Å². The second-order valence-corrected chi connectivity index (χ2v) is 8.21. The number of ether oxygens (including phenoxy) is 1. The standard InChI is InChI=1S/C18H17ClN2O3S/c1-12-17-16(24-10-9-20-12)8-7-15-18(17)14(19)11-21(15)25(22,23)13-5-3-2-4-6-13/h2-8,11-12,20H,9-10H2,1H3. The van der Waals surface area contributed by atoms with Crippen molar-refractivity contribution in [3.05, 3.63) is 59.2 Å². The van der Waals surface area contributed by atoms with Crippen LogP contribution in [0.3, 0.4) is 0 Å². The minimum Gasteiger partial charge on any atom is -0.492 e. The lowest BCUT2D eigenvalue weighted by Crippen LogP contribution is -2.20. The largest absolute Gasteiger partial charge is 0.492 e. The van der Waals surface area contributed by atoms with Gasteiger partial charge in [0.15, 0.2) is 0 Å². The first-order valence-electron chi connectivity index (χ1n) is 8.00. The minimum absolute atomic E-state index is 0.00831. The summed E-state index contributed by atoms with van der Waals surface area (Å²) in [5.41, 5.74) is 1.44. The van der Waals surface area contributed by atoms with Crippen LogP contribution in [0.1, 0.15) is 18.5 Å². The Labute approximate surface area is 151 Å². The van der Waals surface area contributed by atoms with E-state index >= 15 is 0 Å². The van der Waals surface area contributed by atoms with Crippen molar-refractivity contribution in [3.8, 4) is 5.75 Å². The van der Waals surface area contributed by atoms with Crippen LogP contribution >= 0.6 is 11.6 Å². The molecule has 0 bridgehead atoms. The molecule has 1 aliphatic heterocycles. The number of fused-ring (bicyclic) bond motifs is 3. The minimum atomic E-state index is -3.73. The van der Waals surface area contributed by atoms with Gasteiger partial charge >= 0.3 is 0 Å². The molecule has 1 unspecified atom stereocenters. The summed E-state index contributed by atoms with van der Waals surface area (Å²) in [5, 5.41) is 4.46. The Bertz CT molecular complexity index is 1050. The van der Waals surface area contributed by atoms with E-state index in [4.69, 9.17) is 16.3 Å². The van der Waals surface area contributed by atoms with Gasteiger partial charge in [0.1, 0.15) is 12.4 Å². The average molecular weight is 377 g/mol. The van der Waals surface area contributed by atoms with Crippen molar-refractivity contribution in [1.29, 1.82) is 0 Å². The van der Waals surface area contributed by atoms with Crippen LogP contribution in [0.15, 0.2) is 53.6 Å². The van der Waals surface area contributed by atoms with Crippen LogP contribution in [-0.2, 0) is 10.0 Å². The SMILES string of the molecule is CC1NCCOc2ccc3c(c(Cl)cn3S(=O)(=O)c3ccccc3)c21. The molecule has 2 heterocycles. The van der Waals surface area contributed by atoms with Gasteiger partial charge in [-0.15, -0.1) is 0 Å². The summed E-state index contributed by atoms with van der Waals surface area (Å²) in [7, 11) is -3.73. The average Bonchev–Trinajstić information content (AvgIpc) is 2.85. The molecule has 0 saturated heterocycles. The van der Waals surface area contributed by atoms with E-state index in [9.17, 15) is 8.42 Å². The van der Waals surface area contributed by atoms with Crippen LogP contribution in [0.5, 0.6) is 5.75 Å². The van der Waals surface area contributed by atoms with E-state index in [1.165, 1.54) is 10.2 Å². The molecule has 2 aromatic carbocycles. The predicted molar refractivity (Wildman–Crippen MR) is 97.9 cm³/mol. The van der Waals surface area contributed by atoms with E-state index in [1.54, 1.807) is 36.4 Å². The highest BCUT2D eigenvalue weighted by molar-refractivity contribution is 7.90. The summed E-state index contributed by atoms with van der Waals surface area (Å²) in [4.78, 5) is 0.223. The van der Waals surface area contributed by atoms with Crippen LogP contribution in [0.4, 0.5) is 0 Å². The molecule has 7 heteroatoms. The highest BCUT2D eigenvalue weighted by atomic mass is 35.5. The Kier molecular flexibility index (Phi) is 3.98. The molecule has 0 radical (unpaired) electrons. The van der Waals surface area contributed by atoms with Crippen molar-refractivity contribution < 1.29 is 13.2 Å². The number of rotatable bonds is 2. The predicted octanol–water partition coefficient (Wildman–Crippen LogP) is 3.57. The molecule has 1 N–H and O–H groups in total. The molecular formula is C18H17ClN2O3S. The number of benzene rings is 2. The van der Waals surface area contributed by atoms with Gasteiger partial charge in [-0.2, -0.15) is 0 Å². The molecule has 4 rings (SSSR count). The lowest BCUT2D eigenvalue weighted by atomic mass is 10.0. The van der Waals surface area contributed by atoms with Gasteiger partial charge in [0.2, 0.25) is 0 Å². The van der Waals surface area contributed by atoms with Gasteiger partial charge in [0, 0.05) is 29.7 Å². The zero-order chi connectivity index (χ0) is 17.6. The molecule has 130 valence electrons. The van der Waals surface area contributed by atoms with Crippen molar-refractivity contribution in [1.82, 2.24) is 9.29 Å². The Balaban J connectivity index is 2.00. The molecule has 0 saturated carbocycles. The van der Waals surface area contributed by atoms with E-state index in [2.05, 4.69) is 5.32 Å². The first-order chi connectivity index (χ1) is 12.0. The Morgan fingerprint density at radius 1 is 1.20 bits per heavy atom. The summed E-state index contributed by atoms with van der Waals surface area (Å²) >= 11 is 6.46. The molecule has 0 spiro atoms. The summed E-state index contributed by atoms with van der Waals surface area (Å²) < 4.78 is 33.1. The Hall–Kier alpha value is -2.02. The summed E-state index contributed by atoms with van der Waals surface area (Å²) in [6, 6.07) is 11.9. The van der Waals surface area contributed by atoms with Gasteiger partial charge in [-0.1, -0.05) is 29.8 Å². The van der Waals surface area contributed by atoms with Gasteiger partial charge in [-0.05, 0) is 31.2 Å². The number of nitrogens with one attached hydrogen (secondary N) is 1. The van der Waals surface area contributed by atoms with Gasteiger partial charge in [-0.3, -0.25) is 0 Å². The fourth-order valence-corrected chi connectivity index (χ4v) is 5.00. The highest BCUT2D eigenvalue weighted by Gasteiger charge is 2.26. The smallest absolute Gasteiger partial charge is 0.268 e. The summed E-state index contributed by atoms with van der Waals surface area (Å²) in [5.74, 6) is 0.738. The number of halogens is 1. The summed E-state index contributed by atoms with van der Waals surface area (Å²) in [6.45, 7) is 3.30. The third-order valence-electron chi connectivity index (χ3n) is 4.43. The lowest BCUT2D eigenvalue weighted by molar-refractivity contribution is 0.325. The molecule has 0 aliphatic carbocycles. The fraction of sp³-hybridized carbons (Fsp3) is 0.222. The van der Waals surface area contributed by atoms with Gasteiger partial charge < -0.3 is 10.1 Å². The van der Waals surface area contributed by atoms with Crippen LogP contribution in [0, 0.1) is 0 Å². The van der Waals surface area contributed by atoms with Crippen molar-refractivity contribution >= 4 is 32.5 Å². The van der Waals surface area contributed by atoms with Crippen molar-refractivity contribution in [3.63, 3.8) is 0 Å².